The van der Waals surface area contributed by atoms with E-state index in [1.165, 1.54) is 17.8 Å². The molecule has 3 heterocycles. The average Bonchev–Trinajstić information content (AvgIpc) is 3.40. The Hall–Kier alpha value is -2.81. The maximum absolute atomic E-state index is 16.2. The van der Waals surface area contributed by atoms with E-state index in [0.29, 0.717) is 17.2 Å². The molecule has 0 aliphatic carbocycles. The first kappa shape index (κ1) is 30.2. The van der Waals surface area contributed by atoms with Gasteiger partial charge in [-0.25, -0.2) is 28.8 Å². The van der Waals surface area contributed by atoms with Crippen LogP contribution in [-0.2, 0) is 30.6 Å². The Morgan fingerprint density at radius 2 is 2.02 bits per heavy atom. The molecule has 0 unspecified atom stereocenters. The van der Waals surface area contributed by atoms with E-state index in [2.05, 4.69) is 25.4 Å². The normalized spacial score (nSPS) is 26.8. The number of ether oxygens (including phenoxy) is 2. The van der Waals surface area contributed by atoms with Crippen molar-refractivity contribution in [2.24, 2.45) is 0 Å². The standard InChI is InChI=1S/C24H31F2N6O6PS/c1-6-35-20(33)14(2)31-39(40,38-16-10-8-7-9-11-16)36-12-24(26)21(34)23(4,25)22(37-24)32-13-28-17-18(27-5)29-15(3)30-19(17)32/h7-11,13-14,21-22,34H,6,12H2,1-5H3,(H,31,40)(H,27,29,30)/t14-,21-,22+,23+,24+,39-/m0/s1. The van der Waals surface area contributed by atoms with Gasteiger partial charge in [0.25, 0.3) is 5.85 Å². The van der Waals surface area contributed by atoms with Crippen molar-refractivity contribution < 1.29 is 37.2 Å². The number of carbonyl (C=O) groups is 1. The number of rotatable bonds is 11. The van der Waals surface area contributed by atoms with Crippen LogP contribution in [0.5, 0.6) is 5.75 Å². The quantitative estimate of drug-likeness (QED) is 0.220. The van der Waals surface area contributed by atoms with Crippen LogP contribution in [0.2, 0.25) is 0 Å². The number of aliphatic hydroxyl groups is 1. The molecule has 3 aromatic rings. The van der Waals surface area contributed by atoms with Crippen LogP contribution in [0.3, 0.4) is 0 Å². The number of aryl methyl sites for hydroxylation is 1. The summed E-state index contributed by atoms with van der Waals surface area (Å²) in [5, 5.41) is 16.4. The van der Waals surface area contributed by atoms with Crippen molar-refractivity contribution in [3.8, 4) is 5.75 Å². The number of hydrogen-bond donors (Lipinski definition) is 3. The van der Waals surface area contributed by atoms with Crippen molar-refractivity contribution in [2.45, 2.75) is 57.6 Å². The summed E-state index contributed by atoms with van der Waals surface area (Å²) in [5.41, 5.74) is -2.18. The fourth-order valence-corrected chi connectivity index (χ4v) is 6.57. The number of aliphatic hydroxyl groups excluding tert-OH is 1. The van der Waals surface area contributed by atoms with Crippen LogP contribution in [0.1, 0.15) is 32.8 Å². The van der Waals surface area contributed by atoms with Crippen molar-refractivity contribution in [2.75, 3.05) is 25.6 Å². The summed E-state index contributed by atoms with van der Waals surface area (Å²) in [6.45, 7) is 1.16. The van der Waals surface area contributed by atoms with Gasteiger partial charge in [0.05, 0.1) is 12.9 Å². The van der Waals surface area contributed by atoms with Crippen LogP contribution in [0.25, 0.3) is 11.2 Å². The number of alkyl halides is 2. The first-order chi connectivity index (χ1) is 18.8. The van der Waals surface area contributed by atoms with Crippen LogP contribution in [0, 0.1) is 6.92 Å². The Balaban J connectivity index is 1.61. The lowest BCUT2D eigenvalue weighted by Gasteiger charge is -2.30. The molecule has 3 N–H and O–H groups in total. The smallest absolute Gasteiger partial charge is 0.323 e. The zero-order valence-corrected chi connectivity index (χ0v) is 24.2. The lowest BCUT2D eigenvalue weighted by molar-refractivity contribution is -0.202. The number of imidazole rings is 1. The van der Waals surface area contributed by atoms with E-state index in [0.717, 1.165) is 6.92 Å². The highest BCUT2D eigenvalue weighted by Crippen LogP contribution is 2.52. The predicted molar refractivity (Wildman–Crippen MR) is 146 cm³/mol. The molecule has 0 radical (unpaired) electrons. The number of benzene rings is 1. The molecule has 1 aliphatic rings. The van der Waals surface area contributed by atoms with E-state index < -0.39 is 49.1 Å². The Kier molecular flexibility index (Phi) is 8.74. The van der Waals surface area contributed by atoms with Gasteiger partial charge in [-0.1, -0.05) is 18.2 Å². The number of para-hydroxylation sites is 1. The second-order valence-electron chi connectivity index (χ2n) is 9.28. The minimum absolute atomic E-state index is 0.126. The Labute approximate surface area is 234 Å². The van der Waals surface area contributed by atoms with Crippen LogP contribution in [0.4, 0.5) is 14.6 Å². The summed E-state index contributed by atoms with van der Waals surface area (Å²) in [6.07, 6.45) is -2.76. The zero-order valence-electron chi connectivity index (χ0n) is 22.5. The third kappa shape index (κ3) is 5.94. The largest absolute Gasteiger partial charge is 0.465 e. The van der Waals surface area contributed by atoms with Crippen molar-refractivity contribution in [1.82, 2.24) is 24.6 Å². The van der Waals surface area contributed by atoms with Gasteiger partial charge in [0.2, 0.25) is 0 Å². The minimum atomic E-state index is -3.69. The molecule has 12 nitrogen and oxygen atoms in total. The number of halogens is 2. The van der Waals surface area contributed by atoms with Crippen molar-refractivity contribution in [3.63, 3.8) is 0 Å². The monoisotopic (exact) mass is 600 g/mol. The molecule has 0 saturated carbocycles. The minimum Gasteiger partial charge on any atom is -0.465 e. The number of carbonyl (C=O) groups excluding carboxylic acids is 1. The summed E-state index contributed by atoms with van der Waals surface area (Å²) in [6, 6.07) is 7.32. The SMILES string of the molecule is CCOC(=O)[C@H](C)N[P@](=S)(OC[C@@]1(F)O[C@@H](n2cnc3c(NC)nc(C)nc32)[C@](C)(F)[C@@H]1O)Oc1ccccc1. The molecule has 1 aromatic carbocycles. The highest BCUT2D eigenvalue weighted by Gasteiger charge is 2.65. The van der Waals surface area contributed by atoms with E-state index in [1.54, 1.807) is 51.2 Å². The average molecular weight is 601 g/mol. The Bertz CT molecular complexity index is 1420. The number of hydrogen-bond acceptors (Lipinski definition) is 11. The number of esters is 1. The molecular weight excluding hydrogens is 569 g/mol. The van der Waals surface area contributed by atoms with E-state index in [1.807, 2.05) is 0 Å². The Morgan fingerprint density at radius 1 is 1.32 bits per heavy atom. The number of nitrogens with zero attached hydrogens (tertiary/aromatic N) is 4. The van der Waals surface area contributed by atoms with E-state index in [-0.39, 0.29) is 18.0 Å². The molecule has 218 valence electrons. The van der Waals surface area contributed by atoms with Gasteiger partial charge in [0.15, 0.2) is 35.0 Å². The van der Waals surface area contributed by atoms with Crippen LogP contribution in [-0.4, -0.2) is 74.5 Å². The van der Waals surface area contributed by atoms with Crippen molar-refractivity contribution in [1.29, 1.82) is 0 Å². The summed E-state index contributed by atoms with van der Waals surface area (Å²) in [4.78, 5) is 25.0. The molecule has 40 heavy (non-hydrogen) atoms. The molecule has 2 aromatic heterocycles. The highest BCUT2D eigenvalue weighted by atomic mass is 32.5. The van der Waals surface area contributed by atoms with Crippen molar-refractivity contribution >= 4 is 41.4 Å². The van der Waals surface area contributed by atoms with E-state index in [4.69, 9.17) is 30.3 Å². The molecule has 6 atom stereocenters. The van der Waals surface area contributed by atoms with E-state index in [9.17, 15) is 9.90 Å². The van der Waals surface area contributed by atoms with Crippen molar-refractivity contribution in [3.05, 3.63) is 42.5 Å². The predicted octanol–water partition coefficient (Wildman–Crippen LogP) is 3.32. The zero-order chi connectivity index (χ0) is 29.3. The summed E-state index contributed by atoms with van der Waals surface area (Å²) >= 11 is 5.57. The van der Waals surface area contributed by atoms with Gasteiger partial charge in [0.1, 0.15) is 24.2 Å². The topological polar surface area (TPSA) is 142 Å². The third-order valence-corrected chi connectivity index (χ3v) is 8.63. The third-order valence-electron chi connectivity index (χ3n) is 6.15. The number of fused-ring (bicyclic) bond motifs is 1. The van der Waals surface area contributed by atoms with Crippen LogP contribution < -0.4 is 14.9 Å². The highest BCUT2D eigenvalue weighted by molar-refractivity contribution is 8.09. The first-order valence-corrected chi connectivity index (χ1v) is 15.0. The number of aromatic nitrogens is 4. The molecule has 1 fully saturated rings. The second-order valence-corrected chi connectivity index (χ2v) is 12.4. The fraction of sp³-hybridized carbons (Fsp3) is 0.500. The first-order valence-electron chi connectivity index (χ1n) is 12.4. The molecule has 0 amide bonds. The van der Waals surface area contributed by atoms with Gasteiger partial charge >= 0.3 is 12.6 Å². The lowest BCUT2D eigenvalue weighted by Crippen LogP contribution is -2.47. The summed E-state index contributed by atoms with van der Waals surface area (Å²) < 4.78 is 55.5. The summed E-state index contributed by atoms with van der Waals surface area (Å²) in [5.74, 6) is -2.68. The van der Waals surface area contributed by atoms with Gasteiger partial charge in [0, 0.05) is 7.05 Å². The maximum atomic E-state index is 16.2. The van der Waals surface area contributed by atoms with Gasteiger partial charge in [-0.2, -0.15) is 0 Å². The molecular formula is C24H31F2N6O6PS. The van der Waals surface area contributed by atoms with E-state index >= 15 is 8.78 Å². The summed E-state index contributed by atoms with van der Waals surface area (Å²) in [7, 11) is 1.64. The van der Waals surface area contributed by atoms with Gasteiger partial charge < -0.3 is 28.9 Å². The molecule has 0 bridgehead atoms. The maximum Gasteiger partial charge on any atom is 0.323 e. The van der Waals surface area contributed by atoms with Gasteiger partial charge in [-0.05, 0) is 51.6 Å². The Morgan fingerprint density at radius 3 is 2.67 bits per heavy atom. The second kappa shape index (κ2) is 11.6. The van der Waals surface area contributed by atoms with Crippen LogP contribution >= 0.6 is 6.64 Å². The molecule has 0 spiro atoms. The van der Waals surface area contributed by atoms with Gasteiger partial charge in [-0.3, -0.25) is 9.36 Å². The lowest BCUT2D eigenvalue weighted by atomic mass is 9.97. The fourth-order valence-electron chi connectivity index (χ4n) is 4.17. The van der Waals surface area contributed by atoms with Gasteiger partial charge in [-0.15, -0.1) is 0 Å². The molecule has 1 saturated heterocycles. The molecule has 4 rings (SSSR count). The van der Waals surface area contributed by atoms with Crippen LogP contribution in [0.15, 0.2) is 36.7 Å². The molecule has 1 aliphatic heterocycles. The number of nitrogens with one attached hydrogen (secondary N) is 2. The molecule has 16 heteroatoms. The number of anilines is 1.